The van der Waals surface area contributed by atoms with Crippen LogP contribution in [0, 0.1) is 0 Å². The summed E-state index contributed by atoms with van der Waals surface area (Å²) < 4.78 is 0. The predicted molar refractivity (Wildman–Crippen MR) is 19.2 cm³/mol. The molecule has 7 heavy (non-hydrogen) atoms. The molecule has 0 amide bonds. The van der Waals surface area contributed by atoms with Gasteiger partial charge < -0.3 is 0 Å². The largest absolute Gasteiger partial charge is 0.249 e. The Balaban J connectivity index is 2.14. The maximum Gasteiger partial charge on any atom is 0.226 e. The van der Waals surface area contributed by atoms with Gasteiger partial charge in [0.25, 0.3) is 0 Å². The highest BCUT2D eigenvalue weighted by Crippen LogP contribution is 2.07. The van der Waals surface area contributed by atoms with E-state index in [0.29, 0.717) is 13.0 Å². The van der Waals surface area contributed by atoms with Gasteiger partial charge in [-0.3, -0.25) is 0 Å². The highest BCUT2D eigenvalue weighted by Gasteiger charge is 2.16. The van der Waals surface area contributed by atoms with Crippen molar-refractivity contribution in [2.75, 3.05) is 6.61 Å². The maximum atomic E-state index is 7.86. The van der Waals surface area contributed by atoms with Gasteiger partial charge in [-0.15, -0.1) is 0 Å². The minimum absolute atomic E-state index is 0.491. The first-order valence-corrected chi connectivity index (χ1v) is 2.02. The maximum absolute atomic E-state index is 7.86. The van der Waals surface area contributed by atoms with E-state index in [9.17, 15) is 0 Å². The van der Waals surface area contributed by atoms with E-state index in [1.54, 1.807) is 0 Å². The SMILES string of the molecule is OOC1CCOO1. The van der Waals surface area contributed by atoms with Crippen LogP contribution in [0.1, 0.15) is 6.42 Å². The normalized spacial score (nSPS) is 31.3. The first-order valence-electron chi connectivity index (χ1n) is 2.02. The molecule has 0 spiro atoms. The molecule has 1 unspecified atom stereocenters. The monoisotopic (exact) mass is 106 g/mol. The quantitative estimate of drug-likeness (QED) is 0.382. The molecule has 0 aromatic carbocycles. The van der Waals surface area contributed by atoms with Crippen molar-refractivity contribution in [2.45, 2.75) is 12.7 Å². The van der Waals surface area contributed by atoms with Crippen LogP contribution in [-0.4, -0.2) is 18.2 Å². The van der Waals surface area contributed by atoms with Gasteiger partial charge in [0, 0.05) is 6.42 Å². The molecular formula is C3H6O4. The number of hydrogen-bond acceptors (Lipinski definition) is 4. The van der Waals surface area contributed by atoms with Crippen molar-refractivity contribution in [3.63, 3.8) is 0 Å². The van der Waals surface area contributed by atoms with Crippen LogP contribution in [0.2, 0.25) is 0 Å². The number of hydrogen-bond donors (Lipinski definition) is 1. The second-order valence-electron chi connectivity index (χ2n) is 1.24. The third-order valence-corrected chi connectivity index (χ3v) is 0.730. The molecule has 42 valence electrons. The van der Waals surface area contributed by atoms with Crippen molar-refractivity contribution >= 4 is 0 Å². The number of rotatable bonds is 1. The molecule has 4 nitrogen and oxygen atoms in total. The zero-order chi connectivity index (χ0) is 5.11. The first-order chi connectivity index (χ1) is 3.43. The second kappa shape index (κ2) is 2.23. The second-order valence-corrected chi connectivity index (χ2v) is 1.24. The van der Waals surface area contributed by atoms with E-state index in [1.807, 2.05) is 0 Å². The van der Waals surface area contributed by atoms with Crippen LogP contribution in [0.15, 0.2) is 0 Å². The van der Waals surface area contributed by atoms with Gasteiger partial charge in [-0.2, -0.15) is 0 Å². The van der Waals surface area contributed by atoms with E-state index in [0.717, 1.165) is 0 Å². The topological polar surface area (TPSA) is 47.9 Å². The highest BCUT2D eigenvalue weighted by atomic mass is 17.3. The summed E-state index contributed by atoms with van der Waals surface area (Å²) >= 11 is 0. The fraction of sp³-hybridized carbons (Fsp3) is 1.00. The van der Waals surface area contributed by atoms with Crippen molar-refractivity contribution in [3.8, 4) is 0 Å². The van der Waals surface area contributed by atoms with Crippen LogP contribution in [0.4, 0.5) is 0 Å². The lowest BCUT2D eigenvalue weighted by Gasteiger charge is -1.96. The summed E-state index contributed by atoms with van der Waals surface area (Å²) in [6.45, 7) is 0.491. The van der Waals surface area contributed by atoms with Crippen molar-refractivity contribution < 1.29 is 19.9 Å². The summed E-state index contributed by atoms with van der Waals surface area (Å²) in [5, 5.41) is 7.86. The van der Waals surface area contributed by atoms with Gasteiger partial charge in [-0.25, -0.2) is 19.9 Å². The van der Waals surface area contributed by atoms with Gasteiger partial charge in [0.05, 0.1) is 6.61 Å². The Morgan fingerprint density at radius 3 is 2.86 bits per heavy atom. The average molecular weight is 106 g/mol. The van der Waals surface area contributed by atoms with E-state index in [2.05, 4.69) is 14.7 Å². The first kappa shape index (κ1) is 4.99. The average Bonchev–Trinajstić information content (AvgIpc) is 2.14. The Labute approximate surface area is 40.5 Å². The van der Waals surface area contributed by atoms with Crippen molar-refractivity contribution in [1.82, 2.24) is 0 Å². The molecule has 1 N–H and O–H groups in total. The molecule has 0 radical (unpaired) electrons. The summed E-state index contributed by atoms with van der Waals surface area (Å²) in [5.74, 6) is 0. The van der Waals surface area contributed by atoms with E-state index in [4.69, 9.17) is 5.26 Å². The molecule has 1 aliphatic heterocycles. The smallest absolute Gasteiger partial charge is 0.226 e. The zero-order valence-electron chi connectivity index (χ0n) is 3.66. The summed E-state index contributed by atoms with van der Waals surface area (Å²) in [6, 6.07) is 0. The molecular weight excluding hydrogens is 100 g/mol. The zero-order valence-corrected chi connectivity index (χ0v) is 3.66. The Hall–Kier alpha value is -0.160. The van der Waals surface area contributed by atoms with E-state index < -0.39 is 6.29 Å². The lowest BCUT2D eigenvalue weighted by atomic mass is 10.5. The summed E-state index contributed by atoms with van der Waals surface area (Å²) in [7, 11) is 0. The predicted octanol–water partition coefficient (Wildman–Crippen LogP) is 0.154. The molecule has 0 aromatic heterocycles. The van der Waals surface area contributed by atoms with Crippen molar-refractivity contribution in [3.05, 3.63) is 0 Å². The van der Waals surface area contributed by atoms with Crippen molar-refractivity contribution in [1.29, 1.82) is 0 Å². The summed E-state index contributed by atoms with van der Waals surface area (Å²) in [5.41, 5.74) is 0. The van der Waals surface area contributed by atoms with Gasteiger partial charge in [0.15, 0.2) is 0 Å². The Kier molecular flexibility index (Phi) is 1.59. The van der Waals surface area contributed by atoms with Gasteiger partial charge in [0.1, 0.15) is 0 Å². The summed E-state index contributed by atoms with van der Waals surface area (Å²) in [4.78, 5) is 12.5. The van der Waals surface area contributed by atoms with Gasteiger partial charge in [-0.1, -0.05) is 0 Å². The van der Waals surface area contributed by atoms with Gasteiger partial charge in [0.2, 0.25) is 6.29 Å². The lowest BCUT2D eigenvalue weighted by molar-refractivity contribution is -0.410. The molecule has 1 fully saturated rings. The summed E-state index contributed by atoms with van der Waals surface area (Å²) in [6.07, 6.45) is 0.0243. The minimum Gasteiger partial charge on any atom is -0.249 e. The van der Waals surface area contributed by atoms with Gasteiger partial charge in [-0.05, 0) is 0 Å². The molecule has 1 atom stereocenters. The van der Waals surface area contributed by atoms with Crippen LogP contribution >= 0.6 is 0 Å². The molecule has 4 heteroatoms. The Morgan fingerprint density at radius 1 is 1.71 bits per heavy atom. The van der Waals surface area contributed by atoms with Crippen LogP contribution in [-0.2, 0) is 14.7 Å². The highest BCUT2D eigenvalue weighted by molar-refractivity contribution is 4.41. The minimum atomic E-state index is -0.569. The molecule has 0 aliphatic carbocycles. The fourth-order valence-electron chi connectivity index (χ4n) is 0.387. The molecule has 1 heterocycles. The molecule has 1 saturated heterocycles. The van der Waals surface area contributed by atoms with Crippen molar-refractivity contribution in [2.24, 2.45) is 0 Å². The Morgan fingerprint density at radius 2 is 2.57 bits per heavy atom. The third-order valence-electron chi connectivity index (χ3n) is 0.730. The molecule has 1 aliphatic rings. The van der Waals surface area contributed by atoms with Crippen LogP contribution in [0.3, 0.4) is 0 Å². The standard InChI is InChI=1S/C3H6O4/c4-6-3-1-2-5-7-3/h3-4H,1-2H2. The third kappa shape index (κ3) is 1.10. The Bertz CT molecular complexity index is 48.9. The van der Waals surface area contributed by atoms with Gasteiger partial charge >= 0.3 is 0 Å². The molecule has 1 rings (SSSR count). The lowest BCUT2D eigenvalue weighted by Crippen LogP contribution is -2.05. The van der Waals surface area contributed by atoms with E-state index in [1.165, 1.54) is 0 Å². The molecule has 0 aromatic rings. The molecule has 0 saturated carbocycles. The van der Waals surface area contributed by atoms with E-state index >= 15 is 0 Å². The van der Waals surface area contributed by atoms with Crippen LogP contribution < -0.4 is 0 Å². The van der Waals surface area contributed by atoms with Crippen LogP contribution in [0.25, 0.3) is 0 Å². The van der Waals surface area contributed by atoms with E-state index in [-0.39, 0.29) is 0 Å². The molecule has 0 bridgehead atoms. The van der Waals surface area contributed by atoms with Crippen LogP contribution in [0.5, 0.6) is 0 Å². The fourth-order valence-corrected chi connectivity index (χ4v) is 0.387.